The van der Waals surface area contributed by atoms with Crippen LogP contribution < -0.4 is 11.1 Å². The maximum atomic E-state index is 11.1. The number of carbonyl (C=O) groups excluding carboxylic acids is 1. The maximum absolute atomic E-state index is 11.1. The number of primary amides is 1. The Labute approximate surface area is 143 Å². The number of aliphatic imine (C=N–C) groups is 1. The van der Waals surface area contributed by atoms with Crippen LogP contribution in [-0.2, 0) is 11.2 Å². The summed E-state index contributed by atoms with van der Waals surface area (Å²) < 4.78 is 0. The normalized spacial score (nSPS) is 20.3. The summed E-state index contributed by atoms with van der Waals surface area (Å²) in [6.07, 6.45) is 3.73. The van der Waals surface area contributed by atoms with Crippen LogP contribution in [0, 0.1) is 11.8 Å². The van der Waals surface area contributed by atoms with E-state index >= 15 is 0 Å². The van der Waals surface area contributed by atoms with E-state index in [0.717, 1.165) is 44.9 Å². The second-order valence-electron chi connectivity index (χ2n) is 6.44. The second kappa shape index (κ2) is 8.91. The van der Waals surface area contributed by atoms with Crippen LogP contribution in [0.25, 0.3) is 0 Å². The van der Waals surface area contributed by atoms with Gasteiger partial charge in [-0.1, -0.05) is 13.0 Å². The molecule has 0 radical (unpaired) electrons. The number of nitrogens with zero attached hydrogens (tertiary/aromatic N) is 2. The largest absolute Gasteiger partial charge is 0.370 e. The number of likely N-dealkylation sites (tertiary alicyclic amines) is 1. The molecule has 0 aromatic carbocycles. The Hall–Kier alpha value is -1.56. The fraction of sp³-hybridized carbons (Fsp3) is 0.647. The van der Waals surface area contributed by atoms with E-state index in [-0.39, 0.29) is 5.91 Å². The molecule has 2 rings (SSSR count). The third-order valence-electron chi connectivity index (χ3n) is 4.26. The van der Waals surface area contributed by atoms with Crippen molar-refractivity contribution in [1.82, 2.24) is 10.2 Å². The quantitative estimate of drug-likeness (QED) is 0.617. The molecule has 23 heavy (non-hydrogen) atoms. The highest BCUT2D eigenvalue weighted by molar-refractivity contribution is 7.09. The minimum absolute atomic E-state index is 0.204. The van der Waals surface area contributed by atoms with Crippen LogP contribution in [0.15, 0.2) is 22.5 Å². The van der Waals surface area contributed by atoms with Crippen LogP contribution in [0.2, 0.25) is 0 Å². The molecule has 1 saturated heterocycles. The van der Waals surface area contributed by atoms with Gasteiger partial charge in [-0.3, -0.25) is 9.79 Å². The first-order chi connectivity index (χ1) is 11.1. The Morgan fingerprint density at radius 2 is 2.43 bits per heavy atom. The number of hydrogen-bond donors (Lipinski definition) is 2. The lowest BCUT2D eigenvalue weighted by Gasteiger charge is -2.35. The standard InChI is InChI=1S/C17H28N4OS/c1-13(9-15-6-4-8-23-15)11-20-17(19-2)21-7-3-5-14(12-21)10-16(18)22/h4,6,8,13-14H,3,5,7,9-12H2,1-2H3,(H2,18,22)(H,19,20). The summed E-state index contributed by atoms with van der Waals surface area (Å²) in [5, 5.41) is 5.62. The zero-order chi connectivity index (χ0) is 16.7. The first-order valence-corrected chi connectivity index (χ1v) is 9.22. The van der Waals surface area contributed by atoms with Gasteiger partial charge < -0.3 is 16.0 Å². The lowest BCUT2D eigenvalue weighted by atomic mass is 9.95. The molecule has 2 atom stereocenters. The predicted molar refractivity (Wildman–Crippen MR) is 96.7 cm³/mol. The van der Waals surface area contributed by atoms with Crippen LogP contribution in [-0.4, -0.2) is 43.4 Å². The van der Waals surface area contributed by atoms with Crippen LogP contribution >= 0.6 is 11.3 Å². The van der Waals surface area contributed by atoms with Gasteiger partial charge in [0.05, 0.1) is 0 Å². The monoisotopic (exact) mass is 336 g/mol. The maximum Gasteiger partial charge on any atom is 0.217 e. The predicted octanol–water partition coefficient (Wildman–Crippen LogP) is 2.09. The van der Waals surface area contributed by atoms with E-state index in [9.17, 15) is 4.79 Å². The first kappa shape index (κ1) is 17.8. The Morgan fingerprint density at radius 1 is 1.61 bits per heavy atom. The van der Waals surface area contributed by atoms with Crippen molar-refractivity contribution in [3.8, 4) is 0 Å². The van der Waals surface area contributed by atoms with Gasteiger partial charge in [0.25, 0.3) is 0 Å². The Balaban J connectivity index is 1.81. The highest BCUT2D eigenvalue weighted by Crippen LogP contribution is 2.19. The number of hydrogen-bond acceptors (Lipinski definition) is 3. The fourth-order valence-electron chi connectivity index (χ4n) is 3.15. The first-order valence-electron chi connectivity index (χ1n) is 8.34. The molecular weight excluding hydrogens is 308 g/mol. The Bertz CT molecular complexity index is 515. The molecule has 2 unspecified atom stereocenters. The van der Waals surface area contributed by atoms with Crippen LogP contribution in [0.1, 0.15) is 31.1 Å². The lowest BCUT2D eigenvalue weighted by molar-refractivity contribution is -0.119. The van der Waals surface area contributed by atoms with Crippen molar-refractivity contribution in [3.63, 3.8) is 0 Å². The molecular formula is C17H28N4OS. The van der Waals surface area contributed by atoms with E-state index in [2.05, 4.69) is 39.6 Å². The van der Waals surface area contributed by atoms with Crippen molar-refractivity contribution in [2.45, 2.75) is 32.6 Å². The van der Waals surface area contributed by atoms with Gasteiger partial charge in [0, 0.05) is 38.0 Å². The Kier molecular flexibility index (Phi) is 6.89. The number of amides is 1. The molecule has 1 aromatic heterocycles. The van der Waals surface area contributed by atoms with E-state index in [4.69, 9.17) is 5.73 Å². The molecule has 1 aliphatic rings. The van der Waals surface area contributed by atoms with Crippen LogP contribution in [0.4, 0.5) is 0 Å². The summed E-state index contributed by atoms with van der Waals surface area (Å²) in [6, 6.07) is 4.29. The Morgan fingerprint density at radius 3 is 3.09 bits per heavy atom. The summed E-state index contributed by atoms with van der Waals surface area (Å²) in [5.41, 5.74) is 5.34. The average Bonchev–Trinajstić information content (AvgIpc) is 3.00. The van der Waals surface area contributed by atoms with E-state index in [0.29, 0.717) is 18.3 Å². The zero-order valence-electron chi connectivity index (χ0n) is 14.1. The molecule has 1 aliphatic heterocycles. The summed E-state index contributed by atoms with van der Waals surface area (Å²) in [4.78, 5) is 19.2. The van der Waals surface area contributed by atoms with E-state index < -0.39 is 0 Å². The number of guanidine groups is 1. The third-order valence-corrected chi connectivity index (χ3v) is 5.16. The van der Waals surface area contributed by atoms with Crippen molar-refractivity contribution in [3.05, 3.63) is 22.4 Å². The number of thiophene rings is 1. The van der Waals surface area contributed by atoms with Gasteiger partial charge in [-0.2, -0.15) is 0 Å². The molecule has 1 amide bonds. The molecule has 0 aliphatic carbocycles. The summed E-state index contributed by atoms with van der Waals surface area (Å²) in [5.74, 6) is 1.64. The van der Waals surface area contributed by atoms with Gasteiger partial charge in [-0.15, -0.1) is 11.3 Å². The average molecular weight is 337 g/mol. The molecule has 128 valence electrons. The zero-order valence-corrected chi connectivity index (χ0v) is 14.9. The molecule has 1 fully saturated rings. The van der Waals surface area contributed by atoms with Crippen molar-refractivity contribution in [2.75, 3.05) is 26.7 Å². The number of nitrogens with two attached hydrogens (primary N) is 1. The number of carbonyl (C=O) groups is 1. The van der Waals surface area contributed by atoms with Crippen LogP contribution in [0.5, 0.6) is 0 Å². The van der Waals surface area contributed by atoms with Crippen molar-refractivity contribution in [2.24, 2.45) is 22.6 Å². The highest BCUT2D eigenvalue weighted by Gasteiger charge is 2.23. The minimum Gasteiger partial charge on any atom is -0.370 e. The van der Waals surface area contributed by atoms with Gasteiger partial charge in [0.15, 0.2) is 5.96 Å². The molecule has 0 spiro atoms. The SMILES string of the molecule is CN=C(NCC(C)Cc1cccs1)N1CCCC(CC(N)=O)C1. The molecule has 1 aromatic rings. The van der Waals surface area contributed by atoms with Gasteiger partial charge in [-0.25, -0.2) is 0 Å². The third kappa shape index (κ3) is 5.86. The second-order valence-corrected chi connectivity index (χ2v) is 7.47. The van der Waals surface area contributed by atoms with Crippen molar-refractivity contribution in [1.29, 1.82) is 0 Å². The molecule has 5 nitrogen and oxygen atoms in total. The van der Waals surface area contributed by atoms with Crippen LogP contribution in [0.3, 0.4) is 0 Å². The fourth-order valence-corrected chi connectivity index (χ4v) is 4.02. The summed E-state index contributed by atoms with van der Waals surface area (Å²) >= 11 is 1.81. The van der Waals surface area contributed by atoms with Gasteiger partial charge in [-0.05, 0) is 42.5 Å². The van der Waals surface area contributed by atoms with Gasteiger partial charge in [0.1, 0.15) is 0 Å². The highest BCUT2D eigenvalue weighted by atomic mass is 32.1. The van der Waals surface area contributed by atoms with Crippen molar-refractivity contribution < 1.29 is 4.79 Å². The summed E-state index contributed by atoms with van der Waals surface area (Å²) in [6.45, 7) is 5.02. The smallest absolute Gasteiger partial charge is 0.217 e. The number of piperidine rings is 1. The lowest BCUT2D eigenvalue weighted by Crippen LogP contribution is -2.48. The topological polar surface area (TPSA) is 70.7 Å². The van der Waals surface area contributed by atoms with Gasteiger partial charge >= 0.3 is 0 Å². The van der Waals surface area contributed by atoms with E-state index in [1.807, 2.05) is 18.4 Å². The van der Waals surface area contributed by atoms with E-state index in [1.54, 1.807) is 0 Å². The number of rotatable bonds is 6. The molecule has 0 saturated carbocycles. The van der Waals surface area contributed by atoms with Gasteiger partial charge in [0.2, 0.25) is 5.91 Å². The molecule has 6 heteroatoms. The molecule has 3 N–H and O–H groups in total. The number of nitrogens with one attached hydrogen (secondary N) is 1. The summed E-state index contributed by atoms with van der Waals surface area (Å²) in [7, 11) is 1.82. The van der Waals surface area contributed by atoms with E-state index in [1.165, 1.54) is 4.88 Å². The van der Waals surface area contributed by atoms with Crippen molar-refractivity contribution >= 4 is 23.2 Å². The minimum atomic E-state index is -0.204. The molecule has 2 heterocycles. The molecule has 0 bridgehead atoms.